The average Bonchev–Trinajstić information content (AvgIpc) is 3.87. The van der Waals surface area contributed by atoms with Gasteiger partial charge in [0.25, 0.3) is 0 Å². The van der Waals surface area contributed by atoms with Crippen molar-refractivity contribution < 1.29 is 69.9 Å². The number of carbonyl (C=O) groups is 3. The van der Waals surface area contributed by atoms with Gasteiger partial charge in [-0.05, 0) is 54.5 Å². The second-order valence-electron chi connectivity index (χ2n) is 11.3. The van der Waals surface area contributed by atoms with Gasteiger partial charge in [-0.3, -0.25) is 13.6 Å². The average molecular weight is 897 g/mol. The lowest BCUT2D eigenvalue weighted by Gasteiger charge is -2.26. The van der Waals surface area contributed by atoms with Gasteiger partial charge >= 0.3 is 31.2 Å². The number of halogens is 7. The van der Waals surface area contributed by atoms with E-state index in [2.05, 4.69) is 0 Å². The monoisotopic (exact) mass is 894 g/mol. The van der Waals surface area contributed by atoms with Gasteiger partial charge in [-0.25, -0.2) is 14.4 Å². The van der Waals surface area contributed by atoms with Crippen molar-refractivity contribution in [3.63, 3.8) is 0 Å². The summed E-state index contributed by atoms with van der Waals surface area (Å²) in [6.07, 6.45) is 0.996. The molecule has 294 valence electrons. The highest BCUT2D eigenvalue weighted by atomic mass is 35.5. The summed E-state index contributed by atoms with van der Waals surface area (Å²) in [4.78, 5) is 38.1. The largest absolute Gasteiger partial charge is 0.454 e. The van der Waals surface area contributed by atoms with E-state index < -0.39 is 50.3 Å². The molecule has 2 heterocycles. The molecule has 0 spiro atoms. The van der Waals surface area contributed by atoms with Crippen molar-refractivity contribution in [2.24, 2.45) is 0 Å². The predicted molar refractivity (Wildman–Crippen MR) is 197 cm³/mol. The van der Waals surface area contributed by atoms with Crippen molar-refractivity contribution in [1.82, 2.24) is 0 Å². The smallest absolute Gasteiger partial charge is 0.410 e. The van der Waals surface area contributed by atoms with Crippen molar-refractivity contribution in [2.75, 3.05) is 27.2 Å². The van der Waals surface area contributed by atoms with Gasteiger partial charge in [0.05, 0.1) is 26.2 Å². The first kappa shape index (κ1) is 41.3. The molecule has 6 rings (SSSR count). The minimum absolute atomic E-state index is 0.0622. The minimum Gasteiger partial charge on any atom is -0.454 e. The molecule has 4 aromatic rings. The molecule has 56 heavy (non-hydrogen) atoms. The number of hydrogen-bond donors (Lipinski definition) is 0. The highest BCUT2D eigenvalue weighted by Gasteiger charge is 2.56. The minimum atomic E-state index is -5.71. The maximum absolute atomic E-state index is 16.2. The fourth-order valence-electron chi connectivity index (χ4n) is 4.87. The Labute approximate surface area is 340 Å². The lowest BCUT2D eigenvalue weighted by molar-refractivity contribution is -0.128. The summed E-state index contributed by atoms with van der Waals surface area (Å²) in [5.74, 6) is -2.26. The topological polar surface area (TPSA) is 151 Å². The zero-order valence-electron chi connectivity index (χ0n) is 28.1. The van der Waals surface area contributed by atoms with E-state index in [-0.39, 0.29) is 78.2 Å². The lowest BCUT2D eigenvalue weighted by atomic mass is 10.1. The maximum atomic E-state index is 16.2. The second-order valence-corrected chi connectivity index (χ2v) is 15.2. The molecular formula is C35H22Cl5F2O13P. The van der Waals surface area contributed by atoms with Crippen molar-refractivity contribution in [3.8, 4) is 28.7 Å². The van der Waals surface area contributed by atoms with E-state index in [1.165, 1.54) is 55.5 Å². The molecule has 0 bridgehead atoms. The van der Waals surface area contributed by atoms with Crippen LogP contribution in [0.1, 0.15) is 38.8 Å². The summed E-state index contributed by atoms with van der Waals surface area (Å²) in [7, 11) is -5.71. The normalized spacial score (nSPS) is 13.4. The number of esters is 3. The number of alkyl halides is 2. The van der Waals surface area contributed by atoms with Crippen LogP contribution in [0.3, 0.4) is 0 Å². The van der Waals surface area contributed by atoms with Crippen LogP contribution in [0.15, 0.2) is 66.7 Å². The lowest BCUT2D eigenvalue weighted by Crippen LogP contribution is -2.21. The Morgan fingerprint density at radius 2 is 1.11 bits per heavy atom. The summed E-state index contributed by atoms with van der Waals surface area (Å²) in [5, 5.41) is -1.14. The molecule has 0 fully saturated rings. The first-order valence-electron chi connectivity index (χ1n) is 15.5. The Bertz CT molecular complexity index is 2200. The number of fused-ring (bicyclic) bond motifs is 2. The van der Waals surface area contributed by atoms with Crippen molar-refractivity contribution in [3.05, 3.63) is 114 Å². The van der Waals surface area contributed by atoms with Crippen LogP contribution in [0.4, 0.5) is 8.78 Å². The molecule has 0 aliphatic carbocycles. The SMILES string of the molecule is CC(=CC(=O)Oc1c(Cl)c(Cl)c(Cl)c(Cl)c1Cl)c1ccc(C(F)(F)P(=O)(OCOC(=O)c2ccc3c(c2)OCO3)OCOC(=O)c2ccc3c(c2)OCO3)cc1. The van der Waals surface area contributed by atoms with E-state index in [9.17, 15) is 18.9 Å². The highest BCUT2D eigenvalue weighted by molar-refractivity contribution is 7.54. The highest BCUT2D eigenvalue weighted by Crippen LogP contribution is 2.67. The van der Waals surface area contributed by atoms with Gasteiger partial charge in [0, 0.05) is 11.6 Å². The molecule has 13 nitrogen and oxygen atoms in total. The molecule has 2 aliphatic rings. The Morgan fingerprint density at radius 3 is 1.59 bits per heavy atom. The van der Waals surface area contributed by atoms with Crippen molar-refractivity contribution in [2.45, 2.75) is 12.6 Å². The summed E-state index contributed by atoms with van der Waals surface area (Å²) in [6.45, 7) is -1.25. The summed E-state index contributed by atoms with van der Waals surface area (Å²) in [5.41, 5.74) is -5.02. The third-order valence-electron chi connectivity index (χ3n) is 7.78. The second kappa shape index (κ2) is 17.0. The van der Waals surface area contributed by atoms with Gasteiger partial charge in [-0.1, -0.05) is 82.3 Å². The summed E-state index contributed by atoms with van der Waals surface area (Å²) < 4.78 is 92.0. The number of allylic oxidation sites excluding steroid dienone is 1. The van der Waals surface area contributed by atoms with Gasteiger partial charge in [0.15, 0.2) is 28.7 Å². The Hall–Kier alpha value is -4.31. The summed E-state index contributed by atoms with van der Waals surface area (Å²) >= 11 is 30.2. The third kappa shape index (κ3) is 8.65. The van der Waals surface area contributed by atoms with Crippen LogP contribution < -0.4 is 23.7 Å². The van der Waals surface area contributed by atoms with E-state index in [0.717, 1.165) is 18.2 Å². The standard InChI is InChI=1S/C35H22Cl5F2O13P/c1-17(10-26(43)55-32-30(39)28(37)27(36)29(38)31(32)40)18-2-6-21(7-3-18)35(41,42)56(46,53-15-51-33(44)19-4-8-22-24(11-19)49-13-47-22)54-16-52-34(45)20-5-9-23-25(12-20)50-14-48-23/h2-12H,13-16H2,1H3. The van der Waals surface area contributed by atoms with E-state index in [1.807, 2.05) is 0 Å². The van der Waals surface area contributed by atoms with Gasteiger partial charge in [-0.2, -0.15) is 8.78 Å². The van der Waals surface area contributed by atoms with Gasteiger partial charge < -0.3 is 33.2 Å². The molecule has 2 aliphatic heterocycles. The van der Waals surface area contributed by atoms with Crippen molar-refractivity contribution >= 4 is 89.1 Å². The number of benzene rings is 4. The Balaban J connectivity index is 1.17. The van der Waals surface area contributed by atoms with E-state index in [4.69, 9.17) is 100 Å². The van der Waals surface area contributed by atoms with E-state index in [0.29, 0.717) is 11.5 Å². The van der Waals surface area contributed by atoms with Crippen molar-refractivity contribution in [1.29, 1.82) is 0 Å². The number of carbonyl (C=O) groups excluding carboxylic acids is 3. The fourth-order valence-corrected chi connectivity index (χ4v) is 7.31. The van der Waals surface area contributed by atoms with Crippen LogP contribution >= 0.6 is 65.6 Å². The van der Waals surface area contributed by atoms with Gasteiger partial charge in [0.2, 0.25) is 27.2 Å². The molecule has 0 amide bonds. The van der Waals surface area contributed by atoms with Crippen LogP contribution in [0.5, 0.6) is 28.7 Å². The number of hydrogen-bond acceptors (Lipinski definition) is 13. The molecule has 0 unspecified atom stereocenters. The van der Waals surface area contributed by atoms with Crippen LogP contribution in [-0.4, -0.2) is 45.1 Å². The fraction of sp³-hybridized carbons (Fsp3) is 0.171. The van der Waals surface area contributed by atoms with Crippen LogP contribution in [0.25, 0.3) is 5.57 Å². The van der Waals surface area contributed by atoms with Crippen LogP contribution in [0.2, 0.25) is 25.1 Å². The molecule has 0 saturated carbocycles. The third-order valence-corrected chi connectivity index (χ3v) is 11.9. The molecule has 0 saturated heterocycles. The quantitative estimate of drug-likeness (QED) is 0.0238. The number of ether oxygens (including phenoxy) is 7. The molecule has 0 atom stereocenters. The molecular weight excluding hydrogens is 875 g/mol. The first-order valence-corrected chi connectivity index (χ1v) is 19.0. The first-order chi connectivity index (χ1) is 26.6. The Kier molecular flexibility index (Phi) is 12.6. The van der Waals surface area contributed by atoms with E-state index in [1.54, 1.807) is 0 Å². The van der Waals surface area contributed by atoms with Gasteiger partial charge in [-0.15, -0.1) is 0 Å². The van der Waals surface area contributed by atoms with Crippen LogP contribution in [-0.2, 0) is 33.5 Å². The van der Waals surface area contributed by atoms with Gasteiger partial charge in [0.1, 0.15) is 10.0 Å². The number of rotatable bonds is 13. The molecule has 0 N–H and O–H groups in total. The molecule has 0 aromatic heterocycles. The summed E-state index contributed by atoms with van der Waals surface area (Å²) in [6, 6.07) is 12.2. The molecule has 21 heteroatoms. The maximum Gasteiger partial charge on any atom is 0.410 e. The zero-order chi connectivity index (χ0) is 40.4. The Morgan fingerprint density at radius 1 is 0.679 bits per heavy atom. The van der Waals surface area contributed by atoms with E-state index >= 15 is 8.78 Å². The predicted octanol–water partition coefficient (Wildman–Crippen LogP) is 10.3. The molecule has 0 radical (unpaired) electrons. The molecule has 4 aromatic carbocycles. The van der Waals surface area contributed by atoms with Crippen LogP contribution in [0, 0.1) is 0 Å². The zero-order valence-corrected chi connectivity index (χ0v) is 32.8.